The molecule has 6 nitrogen and oxygen atoms in total. The van der Waals surface area contributed by atoms with E-state index in [2.05, 4.69) is 52.9 Å². The fraction of sp³-hybridized carbons (Fsp3) is 0.733. The molecule has 21 heavy (non-hydrogen) atoms. The van der Waals surface area contributed by atoms with E-state index in [4.69, 9.17) is 5.84 Å². The van der Waals surface area contributed by atoms with Gasteiger partial charge in [0.05, 0.1) is 0 Å². The smallest absolute Gasteiger partial charge is 0.148 e. The monoisotopic (exact) mass is 292 g/mol. The number of rotatable bonds is 4. The fourth-order valence-corrected chi connectivity index (χ4v) is 2.87. The Balaban J connectivity index is 2.16. The molecule has 1 aromatic rings. The van der Waals surface area contributed by atoms with Crippen LogP contribution in [0.15, 0.2) is 6.33 Å². The van der Waals surface area contributed by atoms with Crippen molar-refractivity contribution in [2.24, 2.45) is 5.84 Å². The summed E-state index contributed by atoms with van der Waals surface area (Å²) < 4.78 is 0. The minimum atomic E-state index is 0.230. The molecular weight excluding hydrogens is 264 g/mol. The minimum Gasteiger partial charge on any atom is -0.354 e. The molecule has 0 atom stereocenters. The number of hydrogen-bond acceptors (Lipinski definition) is 6. The van der Waals surface area contributed by atoms with Crippen molar-refractivity contribution in [1.82, 2.24) is 14.9 Å². The highest BCUT2D eigenvalue weighted by Gasteiger charge is 2.27. The summed E-state index contributed by atoms with van der Waals surface area (Å²) in [4.78, 5) is 13.6. The number of hydrazine groups is 1. The summed E-state index contributed by atoms with van der Waals surface area (Å²) in [5.74, 6) is 7.38. The van der Waals surface area contributed by atoms with Gasteiger partial charge in [-0.3, -0.25) is 4.90 Å². The highest BCUT2D eigenvalue weighted by Crippen LogP contribution is 2.26. The van der Waals surface area contributed by atoms with Crippen LogP contribution in [0.5, 0.6) is 0 Å². The quantitative estimate of drug-likeness (QED) is 0.649. The van der Waals surface area contributed by atoms with E-state index in [1.807, 2.05) is 0 Å². The molecule has 6 heteroatoms. The van der Waals surface area contributed by atoms with Crippen LogP contribution in [0.3, 0.4) is 0 Å². The van der Waals surface area contributed by atoms with Gasteiger partial charge in [-0.1, -0.05) is 13.3 Å². The molecule has 2 rings (SSSR count). The van der Waals surface area contributed by atoms with Gasteiger partial charge in [-0.05, 0) is 27.2 Å². The molecule has 2 heterocycles. The summed E-state index contributed by atoms with van der Waals surface area (Å²) in [5, 5.41) is 0. The number of nitrogens with two attached hydrogens (primary N) is 1. The molecule has 0 unspecified atom stereocenters. The average molecular weight is 292 g/mol. The summed E-state index contributed by atoms with van der Waals surface area (Å²) >= 11 is 0. The van der Waals surface area contributed by atoms with Crippen LogP contribution in [-0.2, 0) is 6.42 Å². The number of nitrogens with zero attached hydrogens (tertiary/aromatic N) is 4. The molecule has 1 fully saturated rings. The van der Waals surface area contributed by atoms with Gasteiger partial charge in [0.15, 0.2) is 0 Å². The SMILES string of the molecule is CCCc1c(NN)ncnc1N1CCN(C(C)(C)C)CC1. The molecule has 0 aliphatic carbocycles. The molecule has 0 spiro atoms. The molecule has 0 bridgehead atoms. The first-order valence-corrected chi connectivity index (χ1v) is 7.78. The third-order valence-electron chi connectivity index (χ3n) is 4.09. The second-order valence-electron chi connectivity index (χ2n) is 6.56. The molecule has 0 amide bonds. The standard InChI is InChI=1S/C15H28N6/c1-5-6-12-13(19-16)17-11-18-14(12)20-7-9-21(10-8-20)15(2,3)4/h11H,5-10,16H2,1-4H3,(H,17,18,19). The molecule has 1 aromatic heterocycles. The van der Waals surface area contributed by atoms with Crippen molar-refractivity contribution in [3.63, 3.8) is 0 Å². The molecule has 1 aliphatic heterocycles. The van der Waals surface area contributed by atoms with Gasteiger partial charge in [-0.15, -0.1) is 0 Å². The third kappa shape index (κ3) is 3.63. The number of nitrogen functional groups attached to an aromatic ring is 1. The molecule has 0 aromatic carbocycles. The van der Waals surface area contributed by atoms with Crippen molar-refractivity contribution in [3.05, 3.63) is 11.9 Å². The maximum absolute atomic E-state index is 5.59. The first-order valence-electron chi connectivity index (χ1n) is 7.78. The van der Waals surface area contributed by atoms with E-state index in [9.17, 15) is 0 Å². The molecule has 1 saturated heterocycles. The Morgan fingerprint density at radius 1 is 1.19 bits per heavy atom. The molecule has 0 radical (unpaired) electrons. The normalized spacial score (nSPS) is 17.1. The Morgan fingerprint density at radius 2 is 1.86 bits per heavy atom. The zero-order valence-electron chi connectivity index (χ0n) is 13.7. The second kappa shape index (κ2) is 6.58. The number of piperazine rings is 1. The molecule has 1 aliphatic rings. The Labute approximate surface area is 127 Å². The van der Waals surface area contributed by atoms with Gasteiger partial charge < -0.3 is 10.3 Å². The molecule has 118 valence electrons. The van der Waals surface area contributed by atoms with Gasteiger partial charge in [0.25, 0.3) is 0 Å². The number of nitrogens with one attached hydrogen (secondary N) is 1. The second-order valence-corrected chi connectivity index (χ2v) is 6.56. The number of aromatic nitrogens is 2. The number of anilines is 2. The van der Waals surface area contributed by atoms with Crippen LogP contribution in [0.25, 0.3) is 0 Å². The van der Waals surface area contributed by atoms with E-state index >= 15 is 0 Å². The summed E-state index contributed by atoms with van der Waals surface area (Å²) in [6, 6.07) is 0. The largest absolute Gasteiger partial charge is 0.354 e. The van der Waals surface area contributed by atoms with E-state index in [0.717, 1.165) is 56.2 Å². The Hall–Kier alpha value is -1.40. The molecule has 0 saturated carbocycles. The van der Waals surface area contributed by atoms with Crippen LogP contribution < -0.4 is 16.2 Å². The Morgan fingerprint density at radius 3 is 2.38 bits per heavy atom. The van der Waals surface area contributed by atoms with Gasteiger partial charge in [0, 0.05) is 37.3 Å². The van der Waals surface area contributed by atoms with Gasteiger partial charge in [-0.25, -0.2) is 15.8 Å². The highest BCUT2D eigenvalue weighted by molar-refractivity contribution is 5.58. The van der Waals surface area contributed by atoms with Crippen LogP contribution in [-0.4, -0.2) is 46.6 Å². The Bertz CT molecular complexity index is 460. The number of hydrogen-bond donors (Lipinski definition) is 2. The lowest BCUT2D eigenvalue weighted by atomic mass is 10.0. The molecular formula is C15H28N6. The van der Waals surface area contributed by atoms with Crippen molar-refractivity contribution in [2.45, 2.75) is 46.1 Å². The van der Waals surface area contributed by atoms with E-state index in [1.54, 1.807) is 6.33 Å². The maximum Gasteiger partial charge on any atom is 0.148 e. The predicted octanol–water partition coefficient (Wildman–Crippen LogP) is 1.64. The first-order chi connectivity index (χ1) is 9.97. The van der Waals surface area contributed by atoms with Crippen LogP contribution in [0.1, 0.15) is 39.7 Å². The summed E-state index contributed by atoms with van der Waals surface area (Å²) in [5.41, 5.74) is 4.07. The van der Waals surface area contributed by atoms with Crippen molar-refractivity contribution >= 4 is 11.6 Å². The van der Waals surface area contributed by atoms with E-state index in [1.165, 1.54) is 0 Å². The van der Waals surface area contributed by atoms with Crippen molar-refractivity contribution in [1.29, 1.82) is 0 Å². The lowest BCUT2D eigenvalue weighted by Gasteiger charge is -2.43. The third-order valence-corrected chi connectivity index (χ3v) is 4.09. The average Bonchev–Trinajstić information content (AvgIpc) is 2.47. The van der Waals surface area contributed by atoms with Gasteiger partial charge in [0.1, 0.15) is 18.0 Å². The first kappa shape index (κ1) is 16.0. The van der Waals surface area contributed by atoms with Crippen LogP contribution in [0, 0.1) is 0 Å². The maximum atomic E-state index is 5.59. The van der Waals surface area contributed by atoms with E-state index < -0.39 is 0 Å². The van der Waals surface area contributed by atoms with Crippen molar-refractivity contribution < 1.29 is 0 Å². The zero-order valence-corrected chi connectivity index (χ0v) is 13.7. The minimum absolute atomic E-state index is 0.230. The lowest BCUT2D eigenvalue weighted by Crippen LogP contribution is -2.53. The fourth-order valence-electron chi connectivity index (χ4n) is 2.87. The van der Waals surface area contributed by atoms with Crippen LogP contribution in [0.4, 0.5) is 11.6 Å². The molecule has 3 N–H and O–H groups in total. The van der Waals surface area contributed by atoms with Crippen molar-refractivity contribution in [2.75, 3.05) is 36.5 Å². The van der Waals surface area contributed by atoms with Crippen LogP contribution in [0.2, 0.25) is 0 Å². The summed E-state index contributed by atoms with van der Waals surface area (Å²) in [7, 11) is 0. The van der Waals surface area contributed by atoms with Crippen LogP contribution >= 0.6 is 0 Å². The van der Waals surface area contributed by atoms with E-state index in [0.29, 0.717) is 0 Å². The van der Waals surface area contributed by atoms with Gasteiger partial charge >= 0.3 is 0 Å². The highest BCUT2D eigenvalue weighted by atomic mass is 15.3. The van der Waals surface area contributed by atoms with Gasteiger partial charge in [-0.2, -0.15) is 0 Å². The predicted molar refractivity (Wildman–Crippen MR) is 87.4 cm³/mol. The summed E-state index contributed by atoms with van der Waals surface area (Å²) in [6.45, 7) is 13.1. The topological polar surface area (TPSA) is 70.3 Å². The lowest BCUT2D eigenvalue weighted by molar-refractivity contribution is 0.128. The van der Waals surface area contributed by atoms with Crippen molar-refractivity contribution in [3.8, 4) is 0 Å². The zero-order chi connectivity index (χ0) is 15.5. The van der Waals surface area contributed by atoms with E-state index in [-0.39, 0.29) is 5.54 Å². The van der Waals surface area contributed by atoms with Gasteiger partial charge in [0.2, 0.25) is 0 Å². The summed E-state index contributed by atoms with van der Waals surface area (Å²) in [6.07, 6.45) is 3.59. The Kier molecular flexibility index (Phi) is 5.00.